The van der Waals surface area contributed by atoms with Crippen molar-refractivity contribution in [1.82, 2.24) is 4.57 Å². The molecule has 0 aliphatic heterocycles. The molecule has 5 heteroatoms. The molecule has 0 spiro atoms. The monoisotopic (exact) mass is 232 g/mol. The number of aromatic nitrogens is 2. The summed E-state index contributed by atoms with van der Waals surface area (Å²) in [5.74, 6) is 0. The Morgan fingerprint density at radius 2 is 2.20 bits per heavy atom. The molecule has 0 bridgehead atoms. The summed E-state index contributed by atoms with van der Waals surface area (Å²) in [6, 6.07) is 0. The first kappa shape index (κ1) is 14.0. The summed E-state index contributed by atoms with van der Waals surface area (Å²) >= 11 is 0. The van der Waals surface area contributed by atoms with Gasteiger partial charge in [0.1, 0.15) is 12.4 Å². The molecule has 0 saturated heterocycles. The van der Waals surface area contributed by atoms with Gasteiger partial charge in [0, 0.05) is 0 Å². The third-order valence-electron chi connectivity index (χ3n) is 1.94. The zero-order valence-electron chi connectivity index (χ0n) is 9.15. The van der Waals surface area contributed by atoms with Crippen molar-refractivity contribution in [2.45, 2.75) is 33.2 Å². The quantitative estimate of drug-likeness (QED) is 0.598. The molecule has 0 atom stereocenters. The number of aryl methyl sites for hydroxylation is 1. The second-order valence-corrected chi connectivity index (χ2v) is 3.11. The van der Waals surface area contributed by atoms with Crippen LogP contribution >= 0.6 is 0 Å². The number of ether oxygens (including phenoxy) is 1. The fourth-order valence-corrected chi connectivity index (χ4v) is 1.17. The molecule has 0 saturated carbocycles. The van der Waals surface area contributed by atoms with Crippen molar-refractivity contribution in [3.63, 3.8) is 0 Å². The standard InChI is InChI=1S/C10H17N2O2.ClH/c1-3-5-6-11-7-8-12(9-11)10(13)14-4-2;/h7-9H,3-6H2,1-2H3;1H/q+1;/p-1. The van der Waals surface area contributed by atoms with Gasteiger partial charge in [0.25, 0.3) is 6.33 Å². The highest BCUT2D eigenvalue weighted by atomic mass is 35.5. The van der Waals surface area contributed by atoms with Gasteiger partial charge in [-0.05, 0) is 13.3 Å². The van der Waals surface area contributed by atoms with Crippen LogP contribution in [0.15, 0.2) is 18.7 Å². The lowest BCUT2D eigenvalue weighted by Crippen LogP contribution is -3.00. The van der Waals surface area contributed by atoms with Crippen molar-refractivity contribution in [3.8, 4) is 0 Å². The van der Waals surface area contributed by atoms with Gasteiger partial charge in [-0.25, -0.2) is 4.57 Å². The summed E-state index contributed by atoms with van der Waals surface area (Å²) in [4.78, 5) is 11.3. The zero-order chi connectivity index (χ0) is 10.4. The number of unbranched alkanes of at least 4 members (excludes halogenated alkanes) is 1. The molecule has 1 heterocycles. The van der Waals surface area contributed by atoms with Gasteiger partial charge in [-0.3, -0.25) is 0 Å². The Morgan fingerprint density at radius 3 is 2.80 bits per heavy atom. The highest BCUT2D eigenvalue weighted by molar-refractivity contribution is 5.69. The second kappa shape index (κ2) is 7.29. The number of hydrogen-bond donors (Lipinski definition) is 0. The lowest BCUT2D eigenvalue weighted by atomic mass is 10.3. The van der Waals surface area contributed by atoms with Gasteiger partial charge in [-0.2, -0.15) is 4.79 Å². The Balaban J connectivity index is 0.00000196. The van der Waals surface area contributed by atoms with Gasteiger partial charge in [-0.1, -0.05) is 13.3 Å². The molecular weight excluding hydrogens is 216 g/mol. The van der Waals surface area contributed by atoms with Crippen LogP contribution in [0.5, 0.6) is 0 Å². The third-order valence-corrected chi connectivity index (χ3v) is 1.94. The molecule has 0 radical (unpaired) electrons. The highest BCUT2D eigenvalue weighted by Gasteiger charge is 2.12. The van der Waals surface area contributed by atoms with Crippen molar-refractivity contribution in [2.75, 3.05) is 6.61 Å². The predicted molar refractivity (Wildman–Crippen MR) is 52.0 cm³/mol. The molecule has 1 aromatic rings. The zero-order valence-corrected chi connectivity index (χ0v) is 9.91. The molecule has 0 N–H and O–H groups in total. The van der Waals surface area contributed by atoms with Crippen molar-refractivity contribution in [1.29, 1.82) is 0 Å². The van der Waals surface area contributed by atoms with Gasteiger partial charge in [-0.15, -0.1) is 4.57 Å². The Kier molecular flexibility index (Phi) is 6.79. The van der Waals surface area contributed by atoms with E-state index >= 15 is 0 Å². The van der Waals surface area contributed by atoms with E-state index in [4.69, 9.17) is 4.74 Å². The smallest absolute Gasteiger partial charge is 0.511 e. The van der Waals surface area contributed by atoms with Gasteiger partial charge < -0.3 is 17.1 Å². The van der Waals surface area contributed by atoms with Gasteiger partial charge in [0.05, 0.1) is 13.2 Å². The maximum Gasteiger partial charge on any atom is 0.511 e. The Hall–Kier alpha value is -1.03. The maximum atomic E-state index is 11.3. The van der Waals surface area contributed by atoms with Crippen LogP contribution < -0.4 is 17.0 Å². The first-order valence-electron chi connectivity index (χ1n) is 5.02. The molecule has 0 aliphatic carbocycles. The van der Waals surface area contributed by atoms with Crippen LogP contribution in [0.2, 0.25) is 0 Å². The van der Waals surface area contributed by atoms with E-state index in [1.807, 2.05) is 10.8 Å². The van der Waals surface area contributed by atoms with E-state index in [0.29, 0.717) is 6.61 Å². The molecule has 0 fully saturated rings. The highest BCUT2D eigenvalue weighted by Crippen LogP contribution is 1.91. The first-order valence-corrected chi connectivity index (χ1v) is 5.02. The lowest BCUT2D eigenvalue weighted by Gasteiger charge is -1.94. The van der Waals surface area contributed by atoms with Gasteiger partial charge in [0.15, 0.2) is 0 Å². The van der Waals surface area contributed by atoms with Gasteiger partial charge in [0.2, 0.25) is 0 Å². The molecule has 1 aromatic heterocycles. The number of rotatable bonds is 4. The van der Waals surface area contributed by atoms with E-state index in [0.717, 1.165) is 19.4 Å². The van der Waals surface area contributed by atoms with Crippen molar-refractivity contribution >= 4 is 6.09 Å². The van der Waals surface area contributed by atoms with Crippen LogP contribution in [-0.4, -0.2) is 17.3 Å². The van der Waals surface area contributed by atoms with Crippen LogP contribution in [0.25, 0.3) is 0 Å². The summed E-state index contributed by atoms with van der Waals surface area (Å²) in [5.41, 5.74) is 0. The SMILES string of the molecule is CCCC[n+]1ccn(C(=O)OCC)c1.[Cl-]. The fourth-order valence-electron chi connectivity index (χ4n) is 1.17. The van der Waals surface area contributed by atoms with E-state index in [1.54, 1.807) is 19.4 Å². The van der Waals surface area contributed by atoms with Crippen LogP contribution in [-0.2, 0) is 11.3 Å². The number of halogens is 1. The largest absolute Gasteiger partial charge is 1.00 e. The lowest BCUT2D eigenvalue weighted by molar-refractivity contribution is -0.696. The Labute approximate surface area is 96.3 Å². The molecular formula is C10H17ClN2O2. The molecule has 0 aromatic carbocycles. The fraction of sp³-hybridized carbons (Fsp3) is 0.600. The minimum absolute atomic E-state index is 0. The number of carbonyl (C=O) groups is 1. The third kappa shape index (κ3) is 4.34. The predicted octanol–water partition coefficient (Wildman–Crippen LogP) is -1.42. The van der Waals surface area contributed by atoms with Crippen molar-refractivity contribution in [2.24, 2.45) is 0 Å². The number of hydrogen-bond acceptors (Lipinski definition) is 2. The van der Waals surface area contributed by atoms with Crippen molar-refractivity contribution < 1.29 is 26.5 Å². The average molecular weight is 233 g/mol. The summed E-state index contributed by atoms with van der Waals surface area (Å²) in [6.45, 7) is 5.30. The molecule has 1 rings (SSSR count). The van der Waals surface area contributed by atoms with Gasteiger partial charge >= 0.3 is 6.09 Å². The van der Waals surface area contributed by atoms with E-state index in [2.05, 4.69) is 6.92 Å². The Morgan fingerprint density at radius 1 is 1.47 bits per heavy atom. The molecule has 15 heavy (non-hydrogen) atoms. The van der Waals surface area contributed by atoms with Crippen LogP contribution in [0, 0.1) is 0 Å². The van der Waals surface area contributed by atoms with E-state index < -0.39 is 0 Å². The minimum Gasteiger partial charge on any atom is -1.00 e. The first-order chi connectivity index (χ1) is 6.77. The van der Waals surface area contributed by atoms with Crippen LogP contribution in [0.3, 0.4) is 0 Å². The summed E-state index contributed by atoms with van der Waals surface area (Å²) in [5, 5.41) is 0. The molecule has 86 valence electrons. The molecule has 4 nitrogen and oxygen atoms in total. The number of imidazole rings is 1. The topological polar surface area (TPSA) is 35.1 Å². The number of carbonyl (C=O) groups excluding carboxylic acids is 1. The summed E-state index contributed by atoms with van der Waals surface area (Å²) < 4.78 is 8.30. The number of nitrogens with zero attached hydrogens (tertiary/aromatic N) is 2. The molecule has 0 amide bonds. The van der Waals surface area contributed by atoms with E-state index in [1.165, 1.54) is 4.57 Å². The summed E-state index contributed by atoms with van der Waals surface area (Å²) in [6.07, 6.45) is 7.31. The minimum atomic E-state index is -0.317. The van der Waals surface area contributed by atoms with Crippen molar-refractivity contribution in [3.05, 3.63) is 18.7 Å². The van der Waals surface area contributed by atoms with E-state index in [-0.39, 0.29) is 18.5 Å². The van der Waals surface area contributed by atoms with Crippen LogP contribution in [0.1, 0.15) is 26.7 Å². The normalized spacial score (nSPS) is 9.47. The molecule has 0 unspecified atom stereocenters. The summed E-state index contributed by atoms with van der Waals surface area (Å²) in [7, 11) is 0. The maximum absolute atomic E-state index is 11.3. The van der Waals surface area contributed by atoms with E-state index in [9.17, 15) is 4.79 Å². The van der Waals surface area contributed by atoms with Crippen LogP contribution in [0.4, 0.5) is 4.79 Å². The second-order valence-electron chi connectivity index (χ2n) is 3.11. The average Bonchev–Trinajstić information content (AvgIpc) is 2.63. The molecule has 0 aliphatic rings. The Bertz CT molecular complexity index is 299.